The summed E-state index contributed by atoms with van der Waals surface area (Å²) in [4.78, 5) is 16.9. The molecule has 6 aromatic rings. The molecule has 0 unspecified atom stereocenters. The topological polar surface area (TPSA) is 57.4 Å². The Balaban J connectivity index is 1.31. The van der Waals surface area contributed by atoms with Crippen LogP contribution in [-0.4, -0.2) is 19.9 Å². The van der Waals surface area contributed by atoms with E-state index >= 15 is 0 Å². The lowest BCUT2D eigenvalue weighted by Crippen LogP contribution is -2.03. The fourth-order valence-electron chi connectivity index (χ4n) is 5.67. The molecule has 2 heterocycles. The highest BCUT2D eigenvalue weighted by atomic mass is 14.9. The van der Waals surface area contributed by atoms with Crippen LogP contribution in [0, 0.1) is 0 Å². The van der Waals surface area contributed by atoms with Gasteiger partial charge in [-0.05, 0) is 57.8 Å². The van der Waals surface area contributed by atoms with Crippen molar-refractivity contribution >= 4 is 32.6 Å². The molecule has 178 valence electrons. The van der Waals surface area contributed by atoms with E-state index in [-0.39, 0.29) is 0 Å². The molecule has 0 atom stereocenters. The van der Waals surface area contributed by atoms with Gasteiger partial charge >= 0.3 is 0 Å². The molecule has 1 aliphatic rings. The van der Waals surface area contributed by atoms with Crippen LogP contribution in [0.1, 0.15) is 62.4 Å². The van der Waals surface area contributed by atoms with Gasteiger partial charge in [0.1, 0.15) is 11.6 Å². The van der Waals surface area contributed by atoms with Crippen molar-refractivity contribution in [2.24, 2.45) is 0 Å². The smallest absolute Gasteiger partial charge is 0.109 e. The van der Waals surface area contributed by atoms with E-state index in [4.69, 9.17) is 9.97 Å². The van der Waals surface area contributed by atoms with Crippen molar-refractivity contribution < 1.29 is 0 Å². The van der Waals surface area contributed by atoms with Gasteiger partial charge in [-0.2, -0.15) is 0 Å². The predicted octanol–water partition coefficient (Wildman–Crippen LogP) is 8.27. The second-order valence-electron chi connectivity index (χ2n) is 10.8. The van der Waals surface area contributed by atoms with Crippen LogP contribution >= 0.6 is 0 Å². The average molecular weight is 471 g/mol. The van der Waals surface area contributed by atoms with Crippen LogP contribution in [0.3, 0.4) is 0 Å². The van der Waals surface area contributed by atoms with E-state index in [1.165, 1.54) is 55.2 Å². The first kappa shape index (κ1) is 21.4. The summed E-state index contributed by atoms with van der Waals surface area (Å²) in [6.07, 6.45) is 2.04. The largest absolute Gasteiger partial charge is 0.342 e. The highest BCUT2D eigenvalue weighted by molar-refractivity contribution is 6.16. The lowest BCUT2D eigenvalue weighted by Gasteiger charge is -2.17. The number of imidazole rings is 2. The maximum absolute atomic E-state index is 4.92. The number of rotatable bonds is 3. The molecule has 0 radical (unpaired) electrons. The number of H-pyrrole nitrogens is 2. The van der Waals surface area contributed by atoms with Gasteiger partial charge in [0, 0.05) is 22.8 Å². The number of hydrogen-bond acceptors (Lipinski definition) is 2. The fourth-order valence-corrected chi connectivity index (χ4v) is 5.67. The molecule has 0 saturated heterocycles. The third-order valence-electron chi connectivity index (χ3n) is 7.71. The van der Waals surface area contributed by atoms with Crippen molar-refractivity contribution in [3.63, 3.8) is 0 Å². The minimum atomic E-state index is 0.379. The molecule has 4 heteroatoms. The van der Waals surface area contributed by atoms with Crippen molar-refractivity contribution in [2.45, 2.75) is 52.4 Å². The normalized spacial score (nSPS) is 13.3. The van der Waals surface area contributed by atoms with Gasteiger partial charge in [-0.3, -0.25) is 0 Å². The summed E-state index contributed by atoms with van der Waals surface area (Å²) in [6, 6.07) is 22.6. The molecular weight excluding hydrogens is 440 g/mol. The second kappa shape index (κ2) is 7.79. The summed E-state index contributed by atoms with van der Waals surface area (Å²) in [6.45, 7) is 8.73. The van der Waals surface area contributed by atoms with Crippen LogP contribution in [0.15, 0.2) is 60.7 Å². The first-order valence-corrected chi connectivity index (χ1v) is 13.0. The lowest BCUT2D eigenvalue weighted by molar-refractivity contribution is 0.787. The van der Waals surface area contributed by atoms with Crippen molar-refractivity contribution in [1.82, 2.24) is 19.9 Å². The third-order valence-corrected chi connectivity index (χ3v) is 7.71. The molecule has 0 fully saturated rings. The monoisotopic (exact) mass is 470 g/mol. The fraction of sp³-hybridized carbons (Fsp3) is 0.250. The standard InChI is InChI=1S/C32H30N4/c1-17(2)31-33-27-13-8-22-16-20(6-10-24(22)29(27)35-31)19-5-9-23-21(15-19)7-11-26-25(23)12-14-28-30(26)36-32(34-28)18(3)4/h5-7,9-12,14-18H,8,13H2,1-4H3,(H,33,35)(H,34,36). The molecule has 0 aliphatic heterocycles. The van der Waals surface area contributed by atoms with E-state index in [9.17, 15) is 0 Å². The van der Waals surface area contributed by atoms with Crippen LogP contribution < -0.4 is 0 Å². The summed E-state index contributed by atoms with van der Waals surface area (Å²) >= 11 is 0. The Hall–Kier alpha value is -3.92. The van der Waals surface area contributed by atoms with Crippen LogP contribution in [0.4, 0.5) is 0 Å². The van der Waals surface area contributed by atoms with E-state index in [1.54, 1.807) is 0 Å². The molecule has 7 rings (SSSR count). The zero-order valence-electron chi connectivity index (χ0n) is 21.2. The molecule has 0 saturated carbocycles. The number of nitrogens with one attached hydrogen (secondary N) is 2. The molecule has 0 bridgehead atoms. The maximum atomic E-state index is 4.92. The minimum Gasteiger partial charge on any atom is -0.342 e. The molecule has 36 heavy (non-hydrogen) atoms. The molecule has 4 aromatic carbocycles. The molecule has 2 aromatic heterocycles. The predicted molar refractivity (Wildman–Crippen MR) is 150 cm³/mol. The molecule has 4 nitrogen and oxygen atoms in total. The van der Waals surface area contributed by atoms with Crippen molar-refractivity contribution in [3.8, 4) is 22.4 Å². The van der Waals surface area contributed by atoms with Gasteiger partial charge in [0.25, 0.3) is 0 Å². The summed E-state index contributed by atoms with van der Waals surface area (Å²) < 4.78 is 0. The summed E-state index contributed by atoms with van der Waals surface area (Å²) in [7, 11) is 0. The Bertz CT molecular complexity index is 1800. The van der Waals surface area contributed by atoms with E-state index in [0.717, 1.165) is 35.5 Å². The SMILES string of the molecule is CC(C)c1nc2c([nH]1)-c1ccc(-c3ccc4c(ccc5c4ccc4[nH]c(C(C)C)nc45)c3)cc1CC2. The van der Waals surface area contributed by atoms with E-state index in [0.29, 0.717) is 11.8 Å². The van der Waals surface area contributed by atoms with E-state index in [1.807, 2.05) is 0 Å². The zero-order chi connectivity index (χ0) is 24.6. The lowest BCUT2D eigenvalue weighted by atomic mass is 9.89. The molecular formula is C32H30N4. The minimum absolute atomic E-state index is 0.379. The zero-order valence-corrected chi connectivity index (χ0v) is 21.2. The van der Waals surface area contributed by atoms with Crippen molar-refractivity contribution in [1.29, 1.82) is 0 Å². The number of aryl methyl sites for hydroxylation is 2. The van der Waals surface area contributed by atoms with Crippen LogP contribution in [0.2, 0.25) is 0 Å². The van der Waals surface area contributed by atoms with Crippen LogP contribution in [0.5, 0.6) is 0 Å². The average Bonchev–Trinajstić information content (AvgIpc) is 3.53. The van der Waals surface area contributed by atoms with Crippen LogP contribution in [-0.2, 0) is 12.8 Å². The van der Waals surface area contributed by atoms with Gasteiger partial charge in [-0.25, -0.2) is 9.97 Å². The quantitative estimate of drug-likeness (QED) is 0.256. The number of aromatic nitrogens is 4. The first-order valence-electron chi connectivity index (χ1n) is 13.0. The molecule has 1 aliphatic carbocycles. The van der Waals surface area contributed by atoms with Crippen molar-refractivity contribution in [3.05, 3.63) is 83.6 Å². The summed E-state index contributed by atoms with van der Waals surface area (Å²) in [5.74, 6) is 2.92. The first-order chi connectivity index (χ1) is 17.5. The van der Waals surface area contributed by atoms with Gasteiger partial charge in [0.05, 0.1) is 22.4 Å². The summed E-state index contributed by atoms with van der Waals surface area (Å²) in [5, 5.41) is 5.00. The number of hydrogen-bond donors (Lipinski definition) is 2. The van der Waals surface area contributed by atoms with E-state index in [2.05, 4.69) is 98.3 Å². The molecule has 2 N–H and O–H groups in total. The Morgan fingerprint density at radius 2 is 1.39 bits per heavy atom. The number of nitrogens with zero attached hydrogens (tertiary/aromatic N) is 2. The number of aromatic amines is 2. The van der Waals surface area contributed by atoms with Gasteiger partial charge in [0.2, 0.25) is 0 Å². The highest BCUT2D eigenvalue weighted by Gasteiger charge is 2.21. The molecule has 0 amide bonds. The highest BCUT2D eigenvalue weighted by Crippen LogP contribution is 2.37. The van der Waals surface area contributed by atoms with Gasteiger partial charge in [-0.15, -0.1) is 0 Å². The van der Waals surface area contributed by atoms with E-state index < -0.39 is 0 Å². The van der Waals surface area contributed by atoms with Crippen LogP contribution in [0.25, 0.3) is 55.0 Å². The maximum Gasteiger partial charge on any atom is 0.109 e. The molecule has 0 spiro atoms. The summed E-state index contributed by atoms with van der Waals surface area (Å²) in [5.41, 5.74) is 9.82. The van der Waals surface area contributed by atoms with Gasteiger partial charge in [-0.1, -0.05) is 76.2 Å². The van der Waals surface area contributed by atoms with Gasteiger partial charge in [0.15, 0.2) is 0 Å². The Morgan fingerprint density at radius 1 is 0.667 bits per heavy atom. The van der Waals surface area contributed by atoms with Crippen molar-refractivity contribution in [2.75, 3.05) is 0 Å². The Morgan fingerprint density at radius 3 is 2.22 bits per heavy atom. The Labute approximate surface area is 210 Å². The van der Waals surface area contributed by atoms with Gasteiger partial charge < -0.3 is 9.97 Å². The number of benzene rings is 4. The Kier molecular flexibility index (Phi) is 4.62. The number of fused-ring (bicyclic) bond motifs is 8. The third kappa shape index (κ3) is 3.21. The second-order valence-corrected chi connectivity index (χ2v) is 10.8.